The number of aromatic nitrogens is 1. The van der Waals surface area contributed by atoms with Crippen molar-refractivity contribution >= 4 is 40.3 Å². The molecule has 5 nitrogen and oxygen atoms in total. The molecule has 0 aliphatic carbocycles. The van der Waals surface area contributed by atoms with Gasteiger partial charge in [-0.2, -0.15) is 0 Å². The molecule has 4 N–H and O–H groups in total. The minimum atomic E-state index is -1.08. The number of anilines is 2. The fraction of sp³-hybridized carbons (Fsp3) is 0.167. The van der Waals surface area contributed by atoms with E-state index in [1.54, 1.807) is 6.20 Å². The zero-order chi connectivity index (χ0) is 14.0. The molecule has 1 atom stereocenters. The van der Waals surface area contributed by atoms with Crippen molar-refractivity contribution in [1.29, 1.82) is 0 Å². The Kier molecular flexibility index (Phi) is 3.92. The Morgan fingerprint density at radius 2 is 2.32 bits per heavy atom. The SMILES string of the molecule is CC(Nc1c(Cl)cc(N)cc1C(=O)O)c1nccs1. The van der Waals surface area contributed by atoms with Crippen molar-refractivity contribution in [2.45, 2.75) is 13.0 Å². The van der Waals surface area contributed by atoms with Crippen LogP contribution in [0.25, 0.3) is 0 Å². The average Bonchev–Trinajstić information content (AvgIpc) is 2.85. The van der Waals surface area contributed by atoms with Gasteiger partial charge >= 0.3 is 5.97 Å². The first-order valence-electron chi connectivity index (χ1n) is 5.47. The molecule has 0 aliphatic heterocycles. The van der Waals surface area contributed by atoms with Crippen LogP contribution in [0.5, 0.6) is 0 Å². The molecule has 1 heterocycles. The number of carbonyl (C=O) groups is 1. The highest BCUT2D eigenvalue weighted by atomic mass is 35.5. The van der Waals surface area contributed by atoms with Crippen LogP contribution in [-0.2, 0) is 0 Å². The van der Waals surface area contributed by atoms with Gasteiger partial charge in [0.25, 0.3) is 0 Å². The zero-order valence-corrected chi connectivity index (χ0v) is 11.6. The van der Waals surface area contributed by atoms with Crippen LogP contribution in [0.3, 0.4) is 0 Å². The van der Waals surface area contributed by atoms with Crippen LogP contribution in [-0.4, -0.2) is 16.1 Å². The fourth-order valence-corrected chi connectivity index (χ4v) is 2.60. The molecule has 0 fully saturated rings. The molecule has 0 aliphatic rings. The number of aromatic carboxylic acids is 1. The lowest BCUT2D eigenvalue weighted by atomic mass is 10.1. The van der Waals surface area contributed by atoms with E-state index in [1.807, 2.05) is 12.3 Å². The third kappa shape index (κ3) is 2.97. The molecular formula is C12H12ClN3O2S. The Bertz CT molecular complexity index is 601. The molecule has 7 heteroatoms. The number of halogens is 1. The molecule has 0 spiro atoms. The molecule has 0 saturated heterocycles. The van der Waals surface area contributed by atoms with E-state index in [2.05, 4.69) is 10.3 Å². The van der Waals surface area contributed by atoms with Crippen LogP contribution in [0.2, 0.25) is 5.02 Å². The maximum absolute atomic E-state index is 11.2. The number of benzene rings is 1. The number of nitrogens with two attached hydrogens (primary N) is 1. The Morgan fingerprint density at radius 1 is 1.58 bits per heavy atom. The van der Waals surface area contributed by atoms with Crippen molar-refractivity contribution in [2.75, 3.05) is 11.1 Å². The van der Waals surface area contributed by atoms with Gasteiger partial charge in [-0.3, -0.25) is 0 Å². The van der Waals surface area contributed by atoms with Crippen LogP contribution < -0.4 is 11.1 Å². The summed E-state index contributed by atoms with van der Waals surface area (Å²) >= 11 is 7.55. The van der Waals surface area contributed by atoms with Gasteiger partial charge in [-0.05, 0) is 19.1 Å². The largest absolute Gasteiger partial charge is 0.478 e. The smallest absolute Gasteiger partial charge is 0.337 e. The lowest BCUT2D eigenvalue weighted by Crippen LogP contribution is -2.11. The van der Waals surface area contributed by atoms with Crippen LogP contribution in [0.4, 0.5) is 11.4 Å². The number of hydrogen-bond acceptors (Lipinski definition) is 5. The molecule has 19 heavy (non-hydrogen) atoms. The van der Waals surface area contributed by atoms with Crippen molar-refractivity contribution in [3.05, 3.63) is 39.3 Å². The van der Waals surface area contributed by atoms with Crippen LogP contribution in [0.15, 0.2) is 23.7 Å². The first-order chi connectivity index (χ1) is 8.99. The molecule has 1 unspecified atom stereocenters. The second-order valence-corrected chi connectivity index (χ2v) is 5.30. The van der Waals surface area contributed by atoms with Gasteiger partial charge in [-0.1, -0.05) is 11.6 Å². The Morgan fingerprint density at radius 3 is 2.89 bits per heavy atom. The quantitative estimate of drug-likeness (QED) is 0.754. The summed E-state index contributed by atoms with van der Waals surface area (Å²) in [5.41, 5.74) is 6.32. The van der Waals surface area contributed by atoms with Crippen LogP contribution in [0.1, 0.15) is 28.3 Å². The van der Waals surface area contributed by atoms with E-state index in [-0.39, 0.29) is 16.6 Å². The Hall–Kier alpha value is -1.79. The van der Waals surface area contributed by atoms with E-state index in [4.69, 9.17) is 17.3 Å². The van der Waals surface area contributed by atoms with Crippen molar-refractivity contribution < 1.29 is 9.90 Å². The number of hydrogen-bond donors (Lipinski definition) is 3. The summed E-state index contributed by atoms with van der Waals surface area (Å²) in [6.45, 7) is 1.89. The topological polar surface area (TPSA) is 88.2 Å². The van der Waals surface area contributed by atoms with Crippen molar-refractivity contribution in [3.8, 4) is 0 Å². The minimum absolute atomic E-state index is 0.0495. The van der Waals surface area contributed by atoms with E-state index in [1.165, 1.54) is 23.5 Å². The summed E-state index contributed by atoms with van der Waals surface area (Å²) in [6, 6.07) is 2.76. The summed E-state index contributed by atoms with van der Waals surface area (Å²) in [5.74, 6) is -1.08. The van der Waals surface area contributed by atoms with Gasteiger partial charge in [-0.15, -0.1) is 11.3 Å². The second kappa shape index (κ2) is 5.46. The molecule has 0 saturated carbocycles. The minimum Gasteiger partial charge on any atom is -0.478 e. The van der Waals surface area contributed by atoms with Gasteiger partial charge in [0.05, 0.1) is 22.3 Å². The maximum atomic E-state index is 11.2. The van der Waals surface area contributed by atoms with Gasteiger partial charge in [0.15, 0.2) is 0 Å². The van der Waals surface area contributed by atoms with Gasteiger partial charge in [-0.25, -0.2) is 9.78 Å². The first kappa shape index (κ1) is 13.6. The highest BCUT2D eigenvalue weighted by Gasteiger charge is 2.18. The monoisotopic (exact) mass is 297 g/mol. The summed E-state index contributed by atoms with van der Waals surface area (Å²) < 4.78 is 0. The number of carboxylic acid groups (broad SMARTS) is 1. The van der Waals surface area contributed by atoms with E-state index in [9.17, 15) is 9.90 Å². The lowest BCUT2D eigenvalue weighted by Gasteiger charge is -2.16. The molecule has 100 valence electrons. The number of rotatable bonds is 4. The average molecular weight is 298 g/mol. The van der Waals surface area contributed by atoms with Crippen LogP contribution in [0, 0.1) is 0 Å². The summed E-state index contributed by atoms with van der Waals surface area (Å²) in [4.78, 5) is 15.4. The van der Waals surface area contributed by atoms with Crippen molar-refractivity contribution in [2.24, 2.45) is 0 Å². The third-order valence-corrected chi connectivity index (χ3v) is 3.78. The van der Waals surface area contributed by atoms with Gasteiger partial charge in [0, 0.05) is 17.3 Å². The van der Waals surface area contributed by atoms with E-state index < -0.39 is 5.97 Å². The summed E-state index contributed by atoms with van der Waals surface area (Å²) in [5, 5.41) is 15.2. The number of nitrogens with one attached hydrogen (secondary N) is 1. The Balaban J connectivity index is 2.36. The first-order valence-corrected chi connectivity index (χ1v) is 6.73. The summed E-state index contributed by atoms with van der Waals surface area (Å²) in [6.07, 6.45) is 1.70. The summed E-state index contributed by atoms with van der Waals surface area (Å²) in [7, 11) is 0. The molecule has 2 aromatic rings. The van der Waals surface area contributed by atoms with E-state index >= 15 is 0 Å². The number of nitrogen functional groups attached to an aromatic ring is 1. The standard InChI is InChI=1S/C12H12ClN3O2S/c1-6(11-15-2-3-19-11)16-10-8(12(17)18)4-7(14)5-9(10)13/h2-6,16H,14H2,1H3,(H,17,18). The normalized spacial score (nSPS) is 12.1. The number of carboxylic acids is 1. The van der Waals surface area contributed by atoms with Gasteiger partial charge in [0.1, 0.15) is 5.01 Å². The molecular weight excluding hydrogens is 286 g/mol. The predicted molar refractivity (Wildman–Crippen MR) is 77.0 cm³/mol. The zero-order valence-electron chi connectivity index (χ0n) is 10.1. The third-order valence-electron chi connectivity index (χ3n) is 2.53. The second-order valence-electron chi connectivity index (χ2n) is 3.97. The highest BCUT2D eigenvalue weighted by molar-refractivity contribution is 7.09. The molecule has 0 radical (unpaired) electrons. The van der Waals surface area contributed by atoms with Gasteiger partial charge in [0.2, 0.25) is 0 Å². The molecule has 0 bridgehead atoms. The predicted octanol–water partition coefficient (Wildman–Crippen LogP) is 3.25. The number of thiazole rings is 1. The molecule has 2 rings (SSSR count). The van der Waals surface area contributed by atoms with E-state index in [0.29, 0.717) is 11.4 Å². The van der Waals surface area contributed by atoms with Crippen LogP contribution >= 0.6 is 22.9 Å². The number of nitrogens with zero attached hydrogens (tertiary/aromatic N) is 1. The lowest BCUT2D eigenvalue weighted by molar-refractivity contribution is 0.0698. The van der Waals surface area contributed by atoms with Crippen molar-refractivity contribution in [1.82, 2.24) is 4.98 Å². The maximum Gasteiger partial charge on any atom is 0.337 e. The van der Waals surface area contributed by atoms with Crippen molar-refractivity contribution in [3.63, 3.8) is 0 Å². The fourth-order valence-electron chi connectivity index (χ4n) is 1.67. The molecule has 0 amide bonds. The molecule has 1 aromatic carbocycles. The highest BCUT2D eigenvalue weighted by Crippen LogP contribution is 2.32. The van der Waals surface area contributed by atoms with E-state index in [0.717, 1.165) is 5.01 Å². The Labute approximate surface area is 119 Å². The molecule has 1 aromatic heterocycles. The van der Waals surface area contributed by atoms with Gasteiger partial charge < -0.3 is 16.2 Å².